The van der Waals surface area contributed by atoms with Gasteiger partial charge in [-0.3, -0.25) is 14.4 Å². The zero-order valence-electron chi connectivity index (χ0n) is 14.5. The molecule has 3 atom stereocenters. The number of Topliss-reactive ketones (excluding diaryl/α,β-unsaturated/α-hetero) is 1. The second kappa shape index (κ2) is 4.86. The van der Waals surface area contributed by atoms with E-state index in [0.717, 1.165) is 18.4 Å². The fourth-order valence-corrected chi connectivity index (χ4v) is 5.12. The lowest BCUT2D eigenvalue weighted by atomic mass is 9.45. The normalized spacial score (nSPS) is 37.3. The van der Waals surface area contributed by atoms with E-state index in [1.807, 2.05) is 33.8 Å². The van der Waals surface area contributed by atoms with Crippen molar-refractivity contribution in [1.82, 2.24) is 0 Å². The monoisotopic (exact) mass is 323 g/mol. The first kappa shape index (κ1) is 16.6. The van der Waals surface area contributed by atoms with Crippen molar-refractivity contribution in [3.63, 3.8) is 0 Å². The first-order valence-electron chi connectivity index (χ1n) is 8.23. The fraction of sp³-hybridized carbons (Fsp3) is 0.500. The Morgan fingerprint density at radius 3 is 2.46 bits per heavy atom. The lowest BCUT2D eigenvalue weighted by Crippen LogP contribution is -2.53. The summed E-state index contributed by atoms with van der Waals surface area (Å²) in [7, 11) is 0. The van der Waals surface area contributed by atoms with Crippen molar-refractivity contribution in [2.24, 2.45) is 22.2 Å². The van der Waals surface area contributed by atoms with Crippen molar-refractivity contribution in [3.05, 3.63) is 34.9 Å². The summed E-state index contributed by atoms with van der Waals surface area (Å²) in [4.78, 5) is 36.1. The van der Waals surface area contributed by atoms with Crippen LogP contribution >= 0.6 is 0 Å². The summed E-state index contributed by atoms with van der Waals surface area (Å²) >= 11 is 0. The summed E-state index contributed by atoms with van der Waals surface area (Å²) < 4.78 is 0. The van der Waals surface area contributed by atoms with Crippen LogP contribution in [-0.2, 0) is 14.4 Å². The number of carbonyl (C=O) groups is 3. The summed E-state index contributed by atoms with van der Waals surface area (Å²) in [6.07, 6.45) is 7.27. The number of aldehydes is 1. The molecule has 3 rings (SSSR count). The quantitative estimate of drug-likeness (QED) is 0.549. The van der Waals surface area contributed by atoms with Gasteiger partial charge in [-0.15, -0.1) is 0 Å². The molecule has 4 nitrogen and oxygen atoms in total. The number of nitrogens with zero attached hydrogens (tertiary/aromatic N) is 1. The maximum atomic E-state index is 12.6. The van der Waals surface area contributed by atoms with Gasteiger partial charge in [-0.1, -0.05) is 39.8 Å². The number of hydrogen-bond donors (Lipinski definition) is 0. The molecule has 0 aromatic heterocycles. The van der Waals surface area contributed by atoms with Gasteiger partial charge in [-0.25, -0.2) is 0 Å². The summed E-state index contributed by atoms with van der Waals surface area (Å²) in [6.45, 7) is 7.82. The Morgan fingerprint density at radius 1 is 1.21 bits per heavy atom. The molecule has 24 heavy (non-hydrogen) atoms. The molecule has 2 unspecified atom stereocenters. The molecule has 0 heterocycles. The van der Waals surface area contributed by atoms with Gasteiger partial charge >= 0.3 is 0 Å². The van der Waals surface area contributed by atoms with Gasteiger partial charge in [0.25, 0.3) is 0 Å². The van der Waals surface area contributed by atoms with E-state index in [1.54, 1.807) is 18.2 Å². The van der Waals surface area contributed by atoms with E-state index >= 15 is 0 Å². The number of nitriles is 1. The highest BCUT2D eigenvalue weighted by molar-refractivity contribution is 6.18. The minimum absolute atomic E-state index is 0.0212. The Kier molecular flexibility index (Phi) is 3.36. The molecule has 3 aliphatic rings. The van der Waals surface area contributed by atoms with Crippen LogP contribution in [0.15, 0.2) is 34.9 Å². The van der Waals surface area contributed by atoms with E-state index in [1.165, 1.54) is 0 Å². The number of carbonyl (C=O) groups excluding carboxylic acids is 3. The Labute approximate surface area is 141 Å². The summed E-state index contributed by atoms with van der Waals surface area (Å²) in [6, 6.07) is 2.03. The van der Waals surface area contributed by atoms with Gasteiger partial charge in [0.1, 0.15) is 6.07 Å². The number of rotatable bonds is 1. The van der Waals surface area contributed by atoms with Gasteiger partial charge < -0.3 is 0 Å². The standard InChI is InChI=1S/C20H21NO3/c1-18(2)15-5-6-19(3)8-13(11-22)14(23)7-16(19)20(15,4)9-12(10-21)17(18)24/h7-9,11,15H,5-6H2,1-4H3/t15-,19?,20?/m0/s1. The maximum absolute atomic E-state index is 12.6. The Hall–Kier alpha value is -2.28. The molecule has 0 aromatic rings. The first-order valence-corrected chi connectivity index (χ1v) is 8.23. The van der Waals surface area contributed by atoms with Crippen LogP contribution in [0.2, 0.25) is 0 Å². The van der Waals surface area contributed by atoms with Crippen LogP contribution in [-0.4, -0.2) is 17.9 Å². The van der Waals surface area contributed by atoms with Crippen molar-refractivity contribution in [3.8, 4) is 6.07 Å². The Bertz CT molecular complexity index is 805. The molecule has 124 valence electrons. The van der Waals surface area contributed by atoms with E-state index in [4.69, 9.17) is 0 Å². The SMILES string of the molecule is CC12C=C(C=O)C(=O)C=C1C1(C)C=C(C#N)C(=O)C(C)(C)[C@@H]1CC2. The minimum Gasteiger partial charge on any atom is -0.298 e. The van der Waals surface area contributed by atoms with Crippen molar-refractivity contribution in [1.29, 1.82) is 5.26 Å². The van der Waals surface area contributed by atoms with E-state index in [9.17, 15) is 19.6 Å². The third kappa shape index (κ3) is 1.94. The largest absolute Gasteiger partial charge is 0.298 e. The lowest BCUT2D eigenvalue weighted by molar-refractivity contribution is -0.130. The molecule has 1 fully saturated rings. The highest BCUT2D eigenvalue weighted by Crippen LogP contribution is 2.63. The lowest BCUT2D eigenvalue weighted by Gasteiger charge is -2.57. The molecule has 0 radical (unpaired) electrons. The predicted molar refractivity (Wildman–Crippen MR) is 88.7 cm³/mol. The van der Waals surface area contributed by atoms with Crippen LogP contribution in [0.25, 0.3) is 0 Å². The second-order valence-corrected chi connectivity index (χ2v) is 8.15. The highest BCUT2D eigenvalue weighted by atomic mass is 16.1. The molecule has 0 saturated heterocycles. The van der Waals surface area contributed by atoms with Gasteiger partial charge in [-0.05, 0) is 30.4 Å². The maximum Gasteiger partial charge on any atom is 0.188 e. The highest BCUT2D eigenvalue weighted by Gasteiger charge is 2.58. The zero-order chi connectivity index (χ0) is 17.9. The summed E-state index contributed by atoms with van der Waals surface area (Å²) in [5.41, 5.74) is -0.330. The van der Waals surface area contributed by atoms with E-state index < -0.39 is 16.2 Å². The van der Waals surface area contributed by atoms with Crippen LogP contribution in [0.1, 0.15) is 40.5 Å². The van der Waals surface area contributed by atoms with Crippen LogP contribution in [0.3, 0.4) is 0 Å². The predicted octanol–water partition coefficient (Wildman–Crippen LogP) is 3.10. The molecular weight excluding hydrogens is 302 g/mol. The number of fused-ring (bicyclic) bond motifs is 3. The topological polar surface area (TPSA) is 75.0 Å². The summed E-state index contributed by atoms with van der Waals surface area (Å²) in [5.74, 6) is -0.392. The van der Waals surface area contributed by atoms with Gasteiger partial charge in [0, 0.05) is 16.2 Å². The van der Waals surface area contributed by atoms with E-state index in [2.05, 4.69) is 0 Å². The third-order valence-corrected chi connectivity index (χ3v) is 6.30. The minimum atomic E-state index is -0.658. The molecule has 0 aliphatic heterocycles. The van der Waals surface area contributed by atoms with E-state index in [0.29, 0.717) is 6.29 Å². The van der Waals surface area contributed by atoms with Crippen molar-refractivity contribution in [2.45, 2.75) is 40.5 Å². The molecule has 0 bridgehead atoms. The molecular formula is C20H21NO3. The van der Waals surface area contributed by atoms with Crippen LogP contribution in [0.5, 0.6) is 0 Å². The molecule has 3 aliphatic carbocycles. The zero-order valence-corrected chi connectivity index (χ0v) is 14.5. The number of hydrogen-bond acceptors (Lipinski definition) is 4. The number of ketones is 2. The molecule has 0 N–H and O–H groups in total. The van der Waals surface area contributed by atoms with Gasteiger partial charge in [-0.2, -0.15) is 5.26 Å². The number of allylic oxidation sites excluding steroid dienone is 6. The average Bonchev–Trinajstić information content (AvgIpc) is 2.52. The Balaban J connectivity index is 2.25. The van der Waals surface area contributed by atoms with Crippen molar-refractivity contribution >= 4 is 17.9 Å². The first-order chi connectivity index (χ1) is 11.1. The molecule has 4 heteroatoms. The molecule has 1 saturated carbocycles. The van der Waals surface area contributed by atoms with E-state index in [-0.39, 0.29) is 28.6 Å². The van der Waals surface area contributed by atoms with Crippen molar-refractivity contribution in [2.75, 3.05) is 0 Å². The van der Waals surface area contributed by atoms with Crippen LogP contribution in [0.4, 0.5) is 0 Å². The summed E-state index contributed by atoms with van der Waals surface area (Å²) in [5, 5.41) is 9.41. The molecule has 0 spiro atoms. The van der Waals surface area contributed by atoms with Crippen molar-refractivity contribution < 1.29 is 14.4 Å². The van der Waals surface area contributed by atoms with Gasteiger partial charge in [0.05, 0.1) is 11.1 Å². The van der Waals surface area contributed by atoms with Crippen LogP contribution in [0, 0.1) is 33.5 Å². The second-order valence-electron chi connectivity index (χ2n) is 8.15. The van der Waals surface area contributed by atoms with Gasteiger partial charge in [0.2, 0.25) is 0 Å². The molecule has 0 aromatic carbocycles. The fourth-order valence-electron chi connectivity index (χ4n) is 5.12. The van der Waals surface area contributed by atoms with Crippen LogP contribution < -0.4 is 0 Å². The smallest absolute Gasteiger partial charge is 0.188 e. The third-order valence-electron chi connectivity index (χ3n) is 6.30. The average molecular weight is 323 g/mol. The Morgan fingerprint density at radius 2 is 1.88 bits per heavy atom. The molecule has 0 amide bonds. The van der Waals surface area contributed by atoms with Gasteiger partial charge in [0.15, 0.2) is 17.9 Å².